The number of carbonyl (C=O) groups is 1. The molecule has 8 heteroatoms. The lowest BCUT2D eigenvalue weighted by molar-refractivity contribution is -0.118. The van der Waals surface area contributed by atoms with Gasteiger partial charge in [-0.1, -0.05) is 36.0 Å². The number of nitrogens with one attached hydrogen (secondary N) is 2. The maximum absolute atomic E-state index is 13.8. The lowest BCUT2D eigenvalue weighted by Gasteiger charge is -2.12. The number of anilines is 1. The number of aromatic amines is 1. The van der Waals surface area contributed by atoms with E-state index < -0.39 is 0 Å². The number of amides is 1. The van der Waals surface area contributed by atoms with Gasteiger partial charge in [-0.15, -0.1) is 5.10 Å². The van der Waals surface area contributed by atoms with Crippen molar-refractivity contribution < 1.29 is 9.18 Å². The van der Waals surface area contributed by atoms with E-state index in [1.807, 2.05) is 43.3 Å². The Hall–Kier alpha value is -2.87. The highest BCUT2D eigenvalue weighted by Crippen LogP contribution is 2.21. The first-order valence-electron chi connectivity index (χ1n) is 8.36. The van der Waals surface area contributed by atoms with E-state index in [-0.39, 0.29) is 17.5 Å². The van der Waals surface area contributed by atoms with Crippen LogP contribution in [0.1, 0.15) is 5.56 Å². The molecule has 0 saturated carbocycles. The molecule has 2 aromatic carbocycles. The van der Waals surface area contributed by atoms with Crippen LogP contribution < -0.4 is 10.2 Å². The summed E-state index contributed by atoms with van der Waals surface area (Å²) in [5.74, 6) is 0.0406. The number of hydrogen-bond acceptors (Lipinski definition) is 5. The quantitative estimate of drug-likeness (QED) is 0.612. The zero-order valence-electron chi connectivity index (χ0n) is 15.1. The molecular formula is C19H20FN5OS. The minimum Gasteiger partial charge on any atom is -0.378 e. The van der Waals surface area contributed by atoms with Crippen LogP contribution in [0, 0.1) is 5.82 Å². The largest absolute Gasteiger partial charge is 0.378 e. The van der Waals surface area contributed by atoms with E-state index in [1.165, 1.54) is 17.8 Å². The van der Waals surface area contributed by atoms with E-state index in [9.17, 15) is 9.18 Å². The van der Waals surface area contributed by atoms with Crippen LogP contribution in [0.4, 0.5) is 10.1 Å². The molecule has 0 unspecified atom stereocenters. The van der Waals surface area contributed by atoms with Gasteiger partial charge in [0.25, 0.3) is 0 Å². The third kappa shape index (κ3) is 5.07. The molecule has 0 aliphatic carbocycles. The van der Waals surface area contributed by atoms with Gasteiger partial charge >= 0.3 is 0 Å². The standard InChI is InChI=1S/C19H20FN5OS/c1-25(2)14-9-7-13(8-10-14)11-21-17(26)12-27-19-22-18(23-24-19)15-5-3-4-6-16(15)20/h3-10H,11-12H2,1-2H3,(H,21,26)(H,22,23,24). The Morgan fingerprint density at radius 2 is 1.93 bits per heavy atom. The van der Waals surface area contributed by atoms with Crippen molar-refractivity contribution >= 4 is 23.4 Å². The Kier molecular flexibility index (Phi) is 6.08. The van der Waals surface area contributed by atoms with E-state index in [0.717, 1.165) is 11.3 Å². The second-order valence-electron chi connectivity index (χ2n) is 6.07. The molecule has 3 rings (SSSR count). The van der Waals surface area contributed by atoms with E-state index in [1.54, 1.807) is 18.2 Å². The molecule has 27 heavy (non-hydrogen) atoms. The fourth-order valence-electron chi connectivity index (χ4n) is 2.38. The predicted octanol–water partition coefficient (Wildman–Crippen LogP) is 3.09. The lowest BCUT2D eigenvalue weighted by Crippen LogP contribution is -2.24. The molecule has 0 atom stereocenters. The van der Waals surface area contributed by atoms with Gasteiger partial charge in [-0.05, 0) is 29.8 Å². The number of aromatic nitrogens is 3. The topological polar surface area (TPSA) is 73.9 Å². The molecular weight excluding hydrogens is 365 g/mol. The highest BCUT2D eigenvalue weighted by atomic mass is 32.2. The van der Waals surface area contributed by atoms with Gasteiger partial charge in [-0.2, -0.15) is 0 Å². The third-order valence-corrected chi connectivity index (χ3v) is 4.72. The third-order valence-electron chi connectivity index (χ3n) is 3.87. The Balaban J connectivity index is 1.49. The number of nitrogens with zero attached hydrogens (tertiary/aromatic N) is 3. The molecule has 0 aliphatic rings. The minimum atomic E-state index is -0.372. The van der Waals surface area contributed by atoms with Crippen molar-refractivity contribution in [2.24, 2.45) is 0 Å². The Labute approximate surface area is 161 Å². The second-order valence-corrected chi connectivity index (χ2v) is 7.02. The molecule has 0 saturated heterocycles. The summed E-state index contributed by atoms with van der Waals surface area (Å²) in [6.45, 7) is 0.460. The van der Waals surface area contributed by atoms with Crippen LogP contribution in [0.3, 0.4) is 0 Å². The minimum absolute atomic E-state index is 0.117. The van der Waals surface area contributed by atoms with E-state index in [0.29, 0.717) is 23.1 Å². The summed E-state index contributed by atoms with van der Waals surface area (Å²) in [6, 6.07) is 14.3. The van der Waals surface area contributed by atoms with Crippen molar-refractivity contribution in [3.63, 3.8) is 0 Å². The van der Waals surface area contributed by atoms with E-state index >= 15 is 0 Å². The predicted molar refractivity (Wildman–Crippen MR) is 105 cm³/mol. The van der Waals surface area contributed by atoms with Gasteiger partial charge in [0, 0.05) is 26.3 Å². The Morgan fingerprint density at radius 3 is 2.63 bits per heavy atom. The van der Waals surface area contributed by atoms with Crippen LogP contribution in [0.15, 0.2) is 53.7 Å². The molecule has 0 bridgehead atoms. The summed E-state index contributed by atoms with van der Waals surface area (Å²) in [7, 11) is 3.96. The van der Waals surface area contributed by atoms with E-state index in [2.05, 4.69) is 20.5 Å². The van der Waals surface area contributed by atoms with Crippen molar-refractivity contribution in [3.05, 3.63) is 59.9 Å². The number of rotatable bonds is 7. The van der Waals surface area contributed by atoms with E-state index in [4.69, 9.17) is 0 Å². The fourth-order valence-corrected chi connectivity index (χ4v) is 3.01. The molecule has 1 amide bonds. The maximum atomic E-state index is 13.8. The molecule has 3 aromatic rings. The van der Waals surface area contributed by atoms with Crippen molar-refractivity contribution in [3.8, 4) is 11.4 Å². The normalized spacial score (nSPS) is 10.6. The molecule has 140 valence electrons. The summed E-state index contributed by atoms with van der Waals surface area (Å²) in [5, 5.41) is 9.99. The number of benzene rings is 2. The van der Waals surface area contributed by atoms with Crippen LogP contribution in [0.25, 0.3) is 11.4 Å². The number of H-pyrrole nitrogens is 1. The van der Waals surface area contributed by atoms with Gasteiger partial charge < -0.3 is 10.2 Å². The van der Waals surface area contributed by atoms with Crippen molar-refractivity contribution in [2.45, 2.75) is 11.7 Å². The van der Waals surface area contributed by atoms with Gasteiger partial charge in [-0.3, -0.25) is 9.89 Å². The number of carbonyl (C=O) groups excluding carboxylic acids is 1. The van der Waals surface area contributed by atoms with Gasteiger partial charge in [0.1, 0.15) is 5.82 Å². The SMILES string of the molecule is CN(C)c1ccc(CNC(=O)CSc2n[nH]c(-c3ccccc3F)n2)cc1. The molecule has 0 aliphatic heterocycles. The van der Waals surface area contributed by atoms with Gasteiger partial charge in [0.2, 0.25) is 11.1 Å². The number of thioether (sulfide) groups is 1. The smallest absolute Gasteiger partial charge is 0.230 e. The van der Waals surface area contributed by atoms with Crippen molar-refractivity contribution in [1.82, 2.24) is 20.5 Å². The molecule has 6 nitrogen and oxygen atoms in total. The summed E-state index contributed by atoms with van der Waals surface area (Å²) >= 11 is 1.20. The monoisotopic (exact) mass is 385 g/mol. The summed E-state index contributed by atoms with van der Waals surface area (Å²) in [5.41, 5.74) is 2.48. The van der Waals surface area contributed by atoms with Gasteiger partial charge in [-0.25, -0.2) is 9.37 Å². The first-order chi connectivity index (χ1) is 13.0. The molecule has 1 heterocycles. The summed E-state index contributed by atoms with van der Waals surface area (Å²) in [6.07, 6.45) is 0. The number of halogens is 1. The Morgan fingerprint density at radius 1 is 1.19 bits per heavy atom. The van der Waals surface area contributed by atoms with Crippen molar-refractivity contribution in [1.29, 1.82) is 0 Å². The first kappa shape index (κ1) is 18.9. The van der Waals surface area contributed by atoms with Gasteiger partial charge in [0.15, 0.2) is 5.82 Å². The average molecular weight is 385 g/mol. The zero-order valence-corrected chi connectivity index (χ0v) is 15.9. The highest BCUT2D eigenvalue weighted by Gasteiger charge is 2.11. The van der Waals surface area contributed by atoms with Crippen LogP contribution >= 0.6 is 11.8 Å². The second kappa shape index (κ2) is 8.68. The van der Waals surface area contributed by atoms with Crippen LogP contribution in [0.5, 0.6) is 0 Å². The van der Waals surface area contributed by atoms with Crippen LogP contribution in [-0.4, -0.2) is 40.9 Å². The van der Waals surface area contributed by atoms with Gasteiger partial charge in [0.05, 0.1) is 11.3 Å². The molecule has 0 radical (unpaired) electrons. The van der Waals surface area contributed by atoms with Crippen LogP contribution in [-0.2, 0) is 11.3 Å². The Bertz CT molecular complexity index is 910. The van der Waals surface area contributed by atoms with Crippen molar-refractivity contribution in [2.75, 3.05) is 24.7 Å². The maximum Gasteiger partial charge on any atom is 0.230 e. The molecule has 2 N–H and O–H groups in total. The number of hydrogen-bond donors (Lipinski definition) is 2. The molecule has 0 fully saturated rings. The zero-order chi connectivity index (χ0) is 19.2. The fraction of sp³-hybridized carbons (Fsp3) is 0.211. The molecule has 0 spiro atoms. The highest BCUT2D eigenvalue weighted by molar-refractivity contribution is 7.99. The van der Waals surface area contributed by atoms with Crippen LogP contribution in [0.2, 0.25) is 0 Å². The summed E-state index contributed by atoms with van der Waals surface area (Å²) in [4.78, 5) is 18.3. The average Bonchev–Trinajstić information content (AvgIpc) is 3.14. The molecule has 1 aromatic heterocycles. The first-order valence-corrected chi connectivity index (χ1v) is 9.34. The summed E-state index contributed by atoms with van der Waals surface area (Å²) < 4.78 is 13.8. The lowest BCUT2D eigenvalue weighted by atomic mass is 10.2.